The van der Waals surface area contributed by atoms with Crippen molar-refractivity contribution in [1.82, 2.24) is 10.3 Å². The van der Waals surface area contributed by atoms with Crippen LogP contribution in [0, 0.1) is 12.8 Å². The van der Waals surface area contributed by atoms with Gasteiger partial charge in [0.1, 0.15) is 5.15 Å². The number of hydrogen-bond acceptors (Lipinski definition) is 3. The summed E-state index contributed by atoms with van der Waals surface area (Å²) >= 11 is 5.80. The van der Waals surface area contributed by atoms with Gasteiger partial charge in [0.2, 0.25) is 0 Å². The van der Waals surface area contributed by atoms with Gasteiger partial charge < -0.3 is 15.7 Å². The highest BCUT2D eigenvalue weighted by Gasteiger charge is 2.25. The number of pyridine rings is 1. The third-order valence-electron chi connectivity index (χ3n) is 3.12. The molecule has 5 nitrogen and oxygen atoms in total. The van der Waals surface area contributed by atoms with E-state index in [0.29, 0.717) is 10.8 Å². The van der Waals surface area contributed by atoms with E-state index in [0.717, 1.165) is 5.56 Å². The van der Waals surface area contributed by atoms with Crippen molar-refractivity contribution in [3.63, 3.8) is 0 Å². The van der Waals surface area contributed by atoms with Gasteiger partial charge in [-0.15, -0.1) is 0 Å². The van der Waals surface area contributed by atoms with E-state index >= 15 is 0 Å². The zero-order chi connectivity index (χ0) is 14.6. The van der Waals surface area contributed by atoms with Gasteiger partial charge in [0.25, 0.3) is 0 Å². The molecule has 0 bridgehead atoms. The highest BCUT2D eigenvalue weighted by molar-refractivity contribution is 6.30. The summed E-state index contributed by atoms with van der Waals surface area (Å²) in [5, 5.41) is 15.7. The predicted octanol–water partition coefficient (Wildman–Crippen LogP) is 2.57. The van der Waals surface area contributed by atoms with E-state index in [4.69, 9.17) is 11.6 Å². The number of aromatic nitrogens is 1. The fraction of sp³-hybridized carbons (Fsp3) is 0.538. The van der Waals surface area contributed by atoms with Crippen LogP contribution in [-0.2, 0) is 0 Å². The number of carbonyl (C=O) groups excluding carboxylic acids is 1. The third kappa shape index (κ3) is 4.69. The van der Waals surface area contributed by atoms with Gasteiger partial charge in [-0.25, -0.2) is 9.78 Å². The Morgan fingerprint density at radius 1 is 1.58 bits per heavy atom. The molecule has 0 saturated carbocycles. The molecule has 0 aliphatic heterocycles. The Morgan fingerprint density at radius 2 is 2.21 bits per heavy atom. The van der Waals surface area contributed by atoms with Gasteiger partial charge in [-0.3, -0.25) is 0 Å². The molecule has 3 N–H and O–H groups in total. The molecule has 1 aromatic heterocycles. The number of nitrogens with one attached hydrogen (secondary N) is 2. The molecule has 1 unspecified atom stereocenters. The van der Waals surface area contributed by atoms with Crippen molar-refractivity contribution >= 4 is 23.3 Å². The smallest absolute Gasteiger partial charge is 0.319 e. The molecule has 19 heavy (non-hydrogen) atoms. The van der Waals surface area contributed by atoms with Gasteiger partial charge in [0, 0.05) is 6.54 Å². The standard InChI is InChI=1S/C13H20ClN3O2/c1-8(2)13(4,19)7-16-12(18)17-10-5-9(3)11(14)15-6-10/h5-6,8,19H,7H2,1-4H3,(H2,16,17,18). The average molecular weight is 286 g/mol. The van der Waals surface area contributed by atoms with Crippen molar-refractivity contribution in [3.8, 4) is 0 Å². The van der Waals surface area contributed by atoms with E-state index in [2.05, 4.69) is 15.6 Å². The van der Waals surface area contributed by atoms with E-state index in [1.165, 1.54) is 6.20 Å². The summed E-state index contributed by atoms with van der Waals surface area (Å²) in [5.41, 5.74) is 0.406. The van der Waals surface area contributed by atoms with E-state index in [-0.39, 0.29) is 18.5 Å². The van der Waals surface area contributed by atoms with Gasteiger partial charge in [0.15, 0.2) is 0 Å². The van der Waals surface area contributed by atoms with Crippen molar-refractivity contribution in [2.24, 2.45) is 5.92 Å². The quantitative estimate of drug-likeness (QED) is 0.744. The summed E-state index contributed by atoms with van der Waals surface area (Å²) < 4.78 is 0. The molecule has 0 aliphatic rings. The van der Waals surface area contributed by atoms with Crippen LogP contribution < -0.4 is 10.6 Å². The minimum atomic E-state index is -0.939. The van der Waals surface area contributed by atoms with Crippen LogP contribution in [0.4, 0.5) is 10.5 Å². The monoisotopic (exact) mass is 285 g/mol. The summed E-state index contributed by atoms with van der Waals surface area (Å²) in [5.74, 6) is 0.0484. The molecule has 106 valence electrons. The SMILES string of the molecule is Cc1cc(NC(=O)NCC(C)(O)C(C)C)cnc1Cl. The Kier molecular flexibility index (Phi) is 5.14. The first kappa shape index (κ1) is 15.7. The number of nitrogens with zero attached hydrogens (tertiary/aromatic N) is 1. The van der Waals surface area contributed by atoms with E-state index in [1.807, 2.05) is 20.8 Å². The molecule has 2 amide bonds. The third-order valence-corrected chi connectivity index (χ3v) is 3.52. The second-order valence-electron chi connectivity index (χ2n) is 5.15. The van der Waals surface area contributed by atoms with Gasteiger partial charge >= 0.3 is 6.03 Å². The number of anilines is 1. The molecule has 0 fully saturated rings. The van der Waals surface area contributed by atoms with Crippen LogP contribution in [0.2, 0.25) is 5.15 Å². The number of hydrogen-bond donors (Lipinski definition) is 3. The molecular formula is C13H20ClN3O2. The van der Waals surface area contributed by atoms with Crippen LogP contribution in [0.5, 0.6) is 0 Å². The molecule has 1 aromatic rings. The molecule has 1 heterocycles. The number of aryl methyl sites for hydroxylation is 1. The minimum Gasteiger partial charge on any atom is -0.388 e. The second kappa shape index (κ2) is 6.21. The number of halogens is 1. The number of urea groups is 1. The van der Waals surface area contributed by atoms with E-state index in [9.17, 15) is 9.90 Å². The van der Waals surface area contributed by atoms with Crippen LogP contribution in [0.3, 0.4) is 0 Å². The van der Waals surface area contributed by atoms with E-state index < -0.39 is 5.60 Å². The Bertz CT molecular complexity index is 461. The number of carbonyl (C=O) groups is 1. The molecule has 6 heteroatoms. The van der Waals surface area contributed by atoms with Crippen LogP contribution >= 0.6 is 11.6 Å². The predicted molar refractivity (Wildman–Crippen MR) is 76.5 cm³/mol. The molecule has 0 saturated heterocycles. The fourth-order valence-electron chi connectivity index (χ4n) is 1.27. The normalized spacial score (nSPS) is 14.1. The Labute approximate surface area is 118 Å². The lowest BCUT2D eigenvalue weighted by molar-refractivity contribution is 0.0170. The van der Waals surface area contributed by atoms with Crippen LogP contribution in [0.15, 0.2) is 12.3 Å². The van der Waals surface area contributed by atoms with Crippen molar-refractivity contribution in [2.45, 2.75) is 33.3 Å². The van der Waals surface area contributed by atoms with Crippen molar-refractivity contribution in [3.05, 3.63) is 23.0 Å². The molecule has 0 aliphatic carbocycles. The minimum absolute atomic E-state index is 0.0484. The summed E-state index contributed by atoms with van der Waals surface area (Å²) in [4.78, 5) is 15.6. The molecule has 1 atom stereocenters. The van der Waals surface area contributed by atoms with Crippen molar-refractivity contribution < 1.29 is 9.90 Å². The fourth-order valence-corrected chi connectivity index (χ4v) is 1.37. The Balaban J connectivity index is 2.54. The number of amides is 2. The first-order valence-corrected chi connectivity index (χ1v) is 6.49. The largest absolute Gasteiger partial charge is 0.388 e. The van der Waals surface area contributed by atoms with Gasteiger partial charge in [-0.05, 0) is 31.4 Å². The maximum Gasteiger partial charge on any atom is 0.319 e. The first-order chi connectivity index (χ1) is 8.72. The lowest BCUT2D eigenvalue weighted by Crippen LogP contribution is -2.45. The highest BCUT2D eigenvalue weighted by Crippen LogP contribution is 2.16. The van der Waals surface area contributed by atoms with Crippen LogP contribution in [-0.4, -0.2) is 28.3 Å². The van der Waals surface area contributed by atoms with Gasteiger partial charge in [-0.2, -0.15) is 0 Å². The number of aliphatic hydroxyl groups is 1. The maximum atomic E-state index is 11.7. The Morgan fingerprint density at radius 3 is 2.74 bits per heavy atom. The second-order valence-corrected chi connectivity index (χ2v) is 5.51. The maximum absolute atomic E-state index is 11.7. The molecule has 1 rings (SSSR count). The zero-order valence-corrected chi connectivity index (χ0v) is 12.4. The summed E-state index contributed by atoms with van der Waals surface area (Å²) in [6.07, 6.45) is 1.48. The number of rotatable bonds is 4. The molecule has 0 radical (unpaired) electrons. The van der Waals surface area contributed by atoms with Gasteiger partial charge in [-0.1, -0.05) is 25.4 Å². The topological polar surface area (TPSA) is 74.2 Å². The Hall–Kier alpha value is -1.33. The van der Waals surface area contributed by atoms with Crippen molar-refractivity contribution in [2.75, 3.05) is 11.9 Å². The first-order valence-electron chi connectivity index (χ1n) is 6.12. The van der Waals surface area contributed by atoms with Crippen molar-refractivity contribution in [1.29, 1.82) is 0 Å². The average Bonchev–Trinajstić information content (AvgIpc) is 2.31. The van der Waals surface area contributed by atoms with E-state index in [1.54, 1.807) is 13.0 Å². The summed E-state index contributed by atoms with van der Waals surface area (Å²) in [7, 11) is 0. The van der Waals surface area contributed by atoms with Crippen LogP contribution in [0.1, 0.15) is 26.3 Å². The lowest BCUT2D eigenvalue weighted by Gasteiger charge is -2.27. The summed E-state index contributed by atoms with van der Waals surface area (Å²) in [6, 6.07) is 1.35. The van der Waals surface area contributed by atoms with Gasteiger partial charge in [0.05, 0.1) is 17.5 Å². The molecule has 0 aromatic carbocycles. The van der Waals surface area contributed by atoms with Crippen LogP contribution in [0.25, 0.3) is 0 Å². The molecule has 0 spiro atoms. The summed E-state index contributed by atoms with van der Waals surface area (Å²) in [6.45, 7) is 7.46. The lowest BCUT2D eigenvalue weighted by atomic mass is 9.93. The highest BCUT2D eigenvalue weighted by atomic mass is 35.5. The molecular weight excluding hydrogens is 266 g/mol. The zero-order valence-electron chi connectivity index (χ0n) is 11.6.